The molecule has 1 heterocycles. The summed E-state index contributed by atoms with van der Waals surface area (Å²) >= 11 is 0. The van der Waals surface area contributed by atoms with Crippen molar-refractivity contribution in [1.82, 2.24) is 4.31 Å². The number of halogens is 1. The number of piperidine rings is 1. The molecule has 0 aromatic heterocycles. The quantitative estimate of drug-likeness (QED) is 0.748. The standard InChI is InChI=1S/C16H25FN2O4S/c1-12-15(5-4-14(22-2)16(12)17)24(20,21)19-9-6-13(7-10-19)23-11-3-8-18/h4-5,13H,3,6-11,18H2,1-2H3. The molecule has 24 heavy (non-hydrogen) atoms. The first-order valence-electron chi connectivity index (χ1n) is 8.06. The fraction of sp³-hybridized carbons (Fsp3) is 0.625. The third-order valence-corrected chi connectivity index (χ3v) is 6.29. The Morgan fingerprint density at radius 3 is 2.58 bits per heavy atom. The van der Waals surface area contributed by atoms with Gasteiger partial charge in [0.05, 0.1) is 18.1 Å². The van der Waals surface area contributed by atoms with Gasteiger partial charge in [0.25, 0.3) is 0 Å². The molecule has 1 aromatic rings. The second-order valence-corrected chi connectivity index (χ2v) is 7.73. The van der Waals surface area contributed by atoms with E-state index in [1.165, 1.54) is 30.5 Å². The summed E-state index contributed by atoms with van der Waals surface area (Å²) in [6.07, 6.45) is 2.10. The Morgan fingerprint density at radius 1 is 1.33 bits per heavy atom. The van der Waals surface area contributed by atoms with Gasteiger partial charge in [-0.25, -0.2) is 12.8 Å². The average Bonchev–Trinajstić information content (AvgIpc) is 2.58. The van der Waals surface area contributed by atoms with E-state index in [1.807, 2.05) is 0 Å². The summed E-state index contributed by atoms with van der Waals surface area (Å²) in [6.45, 7) is 3.35. The summed E-state index contributed by atoms with van der Waals surface area (Å²) < 4.78 is 51.7. The predicted molar refractivity (Wildman–Crippen MR) is 89.1 cm³/mol. The van der Waals surface area contributed by atoms with Crippen LogP contribution in [0.4, 0.5) is 4.39 Å². The average molecular weight is 360 g/mol. The SMILES string of the molecule is COc1ccc(S(=O)(=O)N2CCC(OCCCN)CC2)c(C)c1F. The van der Waals surface area contributed by atoms with Crippen LogP contribution in [0.5, 0.6) is 5.75 Å². The third kappa shape index (κ3) is 4.05. The van der Waals surface area contributed by atoms with Crippen molar-refractivity contribution in [3.8, 4) is 5.75 Å². The minimum atomic E-state index is -3.73. The van der Waals surface area contributed by atoms with Crippen LogP contribution in [-0.4, -0.2) is 52.2 Å². The lowest BCUT2D eigenvalue weighted by atomic mass is 10.1. The van der Waals surface area contributed by atoms with Gasteiger partial charge in [-0.05, 0) is 44.9 Å². The zero-order valence-corrected chi connectivity index (χ0v) is 14.9. The van der Waals surface area contributed by atoms with Crippen molar-refractivity contribution in [2.24, 2.45) is 5.73 Å². The minimum absolute atomic E-state index is 0.0108. The van der Waals surface area contributed by atoms with E-state index in [4.69, 9.17) is 15.2 Å². The van der Waals surface area contributed by atoms with Crippen molar-refractivity contribution in [2.45, 2.75) is 37.2 Å². The van der Waals surface area contributed by atoms with Gasteiger partial charge in [-0.1, -0.05) is 0 Å². The number of sulfonamides is 1. The molecule has 2 rings (SSSR count). The maximum Gasteiger partial charge on any atom is 0.243 e. The molecule has 0 amide bonds. The molecule has 1 aromatic carbocycles. The number of nitrogens with two attached hydrogens (primary N) is 1. The summed E-state index contributed by atoms with van der Waals surface area (Å²) in [5.41, 5.74) is 5.51. The van der Waals surface area contributed by atoms with Crippen molar-refractivity contribution in [3.05, 3.63) is 23.5 Å². The molecule has 1 fully saturated rings. The lowest BCUT2D eigenvalue weighted by Gasteiger charge is -2.31. The van der Waals surface area contributed by atoms with E-state index in [0.29, 0.717) is 39.1 Å². The molecular formula is C16H25FN2O4S. The molecular weight excluding hydrogens is 335 g/mol. The van der Waals surface area contributed by atoms with Crippen LogP contribution in [0.25, 0.3) is 0 Å². The third-order valence-electron chi connectivity index (χ3n) is 4.24. The van der Waals surface area contributed by atoms with Crippen LogP contribution < -0.4 is 10.5 Å². The minimum Gasteiger partial charge on any atom is -0.494 e. The molecule has 0 saturated carbocycles. The summed E-state index contributed by atoms with van der Waals surface area (Å²) in [7, 11) is -2.38. The zero-order valence-electron chi connectivity index (χ0n) is 14.1. The van der Waals surface area contributed by atoms with Gasteiger partial charge in [-0.2, -0.15) is 4.31 Å². The summed E-state index contributed by atoms with van der Waals surface area (Å²) in [4.78, 5) is -0.0108. The van der Waals surface area contributed by atoms with Gasteiger partial charge < -0.3 is 15.2 Å². The Hall–Kier alpha value is -1.22. The van der Waals surface area contributed by atoms with Crippen LogP contribution in [0.2, 0.25) is 0 Å². The number of benzene rings is 1. The summed E-state index contributed by atoms with van der Waals surface area (Å²) in [6, 6.07) is 2.74. The van der Waals surface area contributed by atoms with Gasteiger partial charge in [0, 0.05) is 25.3 Å². The van der Waals surface area contributed by atoms with Crippen molar-refractivity contribution in [3.63, 3.8) is 0 Å². The first-order valence-corrected chi connectivity index (χ1v) is 9.50. The maximum absolute atomic E-state index is 14.2. The van der Waals surface area contributed by atoms with E-state index in [0.717, 1.165) is 6.42 Å². The Bertz CT molecular complexity index is 658. The molecule has 1 aliphatic heterocycles. The second-order valence-electron chi connectivity index (χ2n) is 5.82. The zero-order chi connectivity index (χ0) is 17.7. The van der Waals surface area contributed by atoms with Crippen molar-refractivity contribution in [2.75, 3.05) is 33.4 Å². The highest BCUT2D eigenvalue weighted by Crippen LogP contribution is 2.29. The molecule has 0 spiro atoms. The van der Waals surface area contributed by atoms with Gasteiger partial charge in [0.2, 0.25) is 10.0 Å². The molecule has 0 radical (unpaired) electrons. The predicted octanol–water partition coefficient (Wildman–Crippen LogP) is 1.66. The number of ether oxygens (including phenoxy) is 2. The van der Waals surface area contributed by atoms with Crippen molar-refractivity contribution < 1.29 is 22.3 Å². The first-order chi connectivity index (χ1) is 11.4. The number of methoxy groups -OCH3 is 1. The fourth-order valence-electron chi connectivity index (χ4n) is 2.79. The van der Waals surface area contributed by atoms with Crippen molar-refractivity contribution in [1.29, 1.82) is 0 Å². The normalized spacial score (nSPS) is 17.2. The Kier molecular flexibility index (Phi) is 6.56. The summed E-state index contributed by atoms with van der Waals surface area (Å²) in [5.74, 6) is -0.600. The molecule has 0 unspecified atom stereocenters. The molecule has 136 valence electrons. The van der Waals surface area contributed by atoms with Gasteiger partial charge >= 0.3 is 0 Å². The highest BCUT2D eigenvalue weighted by atomic mass is 32.2. The largest absolute Gasteiger partial charge is 0.494 e. The topological polar surface area (TPSA) is 81.9 Å². The van der Waals surface area contributed by atoms with Gasteiger partial charge in [-0.3, -0.25) is 0 Å². The summed E-state index contributed by atoms with van der Waals surface area (Å²) in [5, 5.41) is 0. The highest BCUT2D eigenvalue weighted by molar-refractivity contribution is 7.89. The van der Waals surface area contributed by atoms with Crippen LogP contribution in [0.3, 0.4) is 0 Å². The number of hydrogen-bond acceptors (Lipinski definition) is 5. The molecule has 1 aliphatic rings. The fourth-order valence-corrected chi connectivity index (χ4v) is 4.48. The van der Waals surface area contributed by atoms with Crippen LogP contribution in [0.15, 0.2) is 17.0 Å². The maximum atomic E-state index is 14.2. The molecule has 0 aliphatic carbocycles. The van der Waals surface area contributed by atoms with Gasteiger partial charge in [0.1, 0.15) is 0 Å². The number of hydrogen-bond donors (Lipinski definition) is 1. The molecule has 2 N–H and O–H groups in total. The highest BCUT2D eigenvalue weighted by Gasteiger charge is 2.31. The second kappa shape index (κ2) is 8.24. The van der Waals surface area contributed by atoms with E-state index >= 15 is 0 Å². The van der Waals surface area contributed by atoms with Gasteiger partial charge in [0.15, 0.2) is 11.6 Å². The smallest absolute Gasteiger partial charge is 0.243 e. The van der Waals surface area contributed by atoms with Crippen LogP contribution >= 0.6 is 0 Å². The molecule has 8 heteroatoms. The molecule has 6 nitrogen and oxygen atoms in total. The lowest BCUT2D eigenvalue weighted by Crippen LogP contribution is -2.41. The van der Waals surface area contributed by atoms with E-state index in [-0.39, 0.29) is 22.3 Å². The van der Waals surface area contributed by atoms with E-state index in [9.17, 15) is 12.8 Å². The van der Waals surface area contributed by atoms with E-state index in [2.05, 4.69) is 0 Å². The monoisotopic (exact) mass is 360 g/mol. The molecule has 0 bridgehead atoms. The Morgan fingerprint density at radius 2 is 2.00 bits per heavy atom. The van der Waals surface area contributed by atoms with Gasteiger partial charge in [-0.15, -0.1) is 0 Å². The van der Waals surface area contributed by atoms with E-state index in [1.54, 1.807) is 0 Å². The van der Waals surface area contributed by atoms with Crippen LogP contribution in [0, 0.1) is 12.7 Å². The lowest BCUT2D eigenvalue weighted by molar-refractivity contribution is 0.0209. The number of rotatable bonds is 7. The van der Waals surface area contributed by atoms with E-state index < -0.39 is 15.8 Å². The number of nitrogens with zero attached hydrogens (tertiary/aromatic N) is 1. The molecule has 0 atom stereocenters. The van der Waals surface area contributed by atoms with Crippen LogP contribution in [0.1, 0.15) is 24.8 Å². The van der Waals surface area contributed by atoms with Crippen molar-refractivity contribution >= 4 is 10.0 Å². The Labute approximate surface area is 142 Å². The first kappa shape index (κ1) is 19.1. The van der Waals surface area contributed by atoms with Crippen LogP contribution in [-0.2, 0) is 14.8 Å². The Balaban J connectivity index is 2.08. The molecule has 1 saturated heterocycles.